The Kier molecular flexibility index (Phi) is 10.4. The van der Waals surface area contributed by atoms with E-state index >= 15 is 0 Å². The van der Waals surface area contributed by atoms with Crippen LogP contribution in [-0.4, -0.2) is 28.1 Å². The average Bonchev–Trinajstić information content (AvgIpc) is 2.53. The summed E-state index contributed by atoms with van der Waals surface area (Å²) in [6, 6.07) is 0. The molecule has 2 N–H and O–H groups in total. The maximum absolute atomic E-state index is 12.0. The molecule has 0 aromatic rings. The lowest BCUT2D eigenvalue weighted by Crippen LogP contribution is -2.21. The molecule has 0 unspecified atom stereocenters. The molecule has 1 aliphatic heterocycles. The van der Waals surface area contributed by atoms with Crippen LogP contribution in [0.5, 0.6) is 0 Å². The maximum Gasteiger partial charge on any atom is 0.303 e. The molecule has 2 atom stereocenters. The fourth-order valence-corrected chi connectivity index (χ4v) is 3.50. The number of rotatable bonds is 11. The van der Waals surface area contributed by atoms with Crippen LogP contribution >= 0.6 is 11.8 Å². The normalized spacial score (nSPS) is 22.3. The Hall–Kier alpha value is -1.33. The van der Waals surface area contributed by atoms with E-state index in [2.05, 4.69) is 6.92 Å². The van der Waals surface area contributed by atoms with Gasteiger partial charge in [0.25, 0.3) is 0 Å². The first-order valence-corrected chi connectivity index (χ1v) is 9.55. The standard InChI is InChI=1S/C19H28O4S/c1-2-3-6-9-15(20)14-18-16(17(21)12-13-24-18)10-7-4-5-8-11-19(22)23/h4,7,12-14,16-17,21H,2-3,5-6,8-11H2,1H3,(H,22,23)/b7-4-,18-14-/t16-,17-/m0/s1. The lowest BCUT2D eigenvalue weighted by Gasteiger charge is -2.25. The molecule has 0 radical (unpaired) electrons. The van der Waals surface area contributed by atoms with Gasteiger partial charge in [0.1, 0.15) is 0 Å². The van der Waals surface area contributed by atoms with Crippen molar-refractivity contribution in [2.24, 2.45) is 5.92 Å². The molecule has 0 saturated carbocycles. The highest BCUT2D eigenvalue weighted by molar-refractivity contribution is 8.05. The van der Waals surface area contributed by atoms with Crippen molar-refractivity contribution in [1.29, 1.82) is 0 Å². The van der Waals surface area contributed by atoms with Gasteiger partial charge < -0.3 is 10.2 Å². The highest BCUT2D eigenvalue weighted by atomic mass is 32.2. The number of carboxylic acid groups (broad SMARTS) is 1. The minimum absolute atomic E-state index is 0.0918. The summed E-state index contributed by atoms with van der Waals surface area (Å²) < 4.78 is 0. The summed E-state index contributed by atoms with van der Waals surface area (Å²) in [6.45, 7) is 2.11. The zero-order chi connectivity index (χ0) is 17.8. The largest absolute Gasteiger partial charge is 0.481 e. The number of carbonyl (C=O) groups excluding carboxylic acids is 1. The van der Waals surface area contributed by atoms with E-state index in [0.29, 0.717) is 25.7 Å². The molecule has 0 amide bonds. The minimum Gasteiger partial charge on any atom is -0.481 e. The SMILES string of the molecule is CCCCCC(=O)/C=C1\SC=C[C@H](O)[C@@H]1C/C=C\CCCC(=O)O. The highest BCUT2D eigenvalue weighted by Gasteiger charge is 2.24. The second-order valence-electron chi connectivity index (χ2n) is 6.01. The third-order valence-corrected chi connectivity index (χ3v) is 4.89. The van der Waals surface area contributed by atoms with Crippen LogP contribution in [0.2, 0.25) is 0 Å². The van der Waals surface area contributed by atoms with Crippen LogP contribution < -0.4 is 0 Å². The lowest BCUT2D eigenvalue weighted by molar-refractivity contribution is -0.137. The first-order chi connectivity index (χ1) is 11.5. The number of hydrogen-bond acceptors (Lipinski definition) is 4. The average molecular weight is 352 g/mol. The van der Waals surface area contributed by atoms with Gasteiger partial charge in [-0.15, -0.1) is 11.8 Å². The van der Waals surface area contributed by atoms with Crippen LogP contribution in [-0.2, 0) is 9.59 Å². The Morgan fingerprint density at radius 2 is 2.00 bits per heavy atom. The van der Waals surface area contributed by atoms with Crippen molar-refractivity contribution in [3.63, 3.8) is 0 Å². The molecule has 0 aromatic heterocycles. The molecule has 0 saturated heterocycles. The number of hydrogen-bond donors (Lipinski definition) is 2. The first kappa shape index (κ1) is 20.7. The van der Waals surface area contributed by atoms with Crippen molar-refractivity contribution >= 4 is 23.5 Å². The van der Waals surface area contributed by atoms with E-state index in [0.717, 1.165) is 24.2 Å². The van der Waals surface area contributed by atoms with Crippen LogP contribution in [0.4, 0.5) is 0 Å². The van der Waals surface area contributed by atoms with Gasteiger partial charge in [-0.05, 0) is 48.1 Å². The Morgan fingerprint density at radius 3 is 2.71 bits per heavy atom. The molecular weight excluding hydrogens is 324 g/mol. The molecule has 1 aliphatic rings. The number of thioether (sulfide) groups is 1. The molecule has 0 aliphatic carbocycles. The van der Waals surface area contributed by atoms with E-state index in [1.165, 1.54) is 11.8 Å². The van der Waals surface area contributed by atoms with Crippen LogP contribution in [0.3, 0.4) is 0 Å². The summed E-state index contributed by atoms with van der Waals surface area (Å²) in [5.41, 5.74) is 0. The number of ketones is 1. The smallest absolute Gasteiger partial charge is 0.303 e. The molecule has 4 nitrogen and oxygen atoms in total. The molecule has 1 heterocycles. The van der Waals surface area contributed by atoms with Crippen molar-refractivity contribution in [2.45, 2.75) is 64.4 Å². The number of allylic oxidation sites excluding steroid dienone is 3. The van der Waals surface area contributed by atoms with E-state index in [9.17, 15) is 14.7 Å². The third-order valence-electron chi connectivity index (χ3n) is 3.91. The number of aliphatic hydroxyl groups excluding tert-OH is 1. The predicted molar refractivity (Wildman–Crippen MR) is 98.7 cm³/mol. The minimum atomic E-state index is -0.778. The topological polar surface area (TPSA) is 74.6 Å². The second-order valence-corrected chi connectivity index (χ2v) is 6.99. The molecule has 1 rings (SSSR count). The van der Waals surface area contributed by atoms with Gasteiger partial charge in [0.05, 0.1) is 6.10 Å². The Balaban J connectivity index is 2.53. The third kappa shape index (κ3) is 8.50. The zero-order valence-corrected chi connectivity index (χ0v) is 15.1. The van der Waals surface area contributed by atoms with Gasteiger partial charge in [0.2, 0.25) is 0 Å². The molecule has 0 fully saturated rings. The van der Waals surface area contributed by atoms with Gasteiger partial charge in [-0.1, -0.05) is 31.9 Å². The van der Waals surface area contributed by atoms with Crippen molar-refractivity contribution in [1.82, 2.24) is 0 Å². The summed E-state index contributed by atoms with van der Waals surface area (Å²) in [4.78, 5) is 23.4. The first-order valence-electron chi connectivity index (χ1n) is 8.67. The Labute approximate surface area is 148 Å². The van der Waals surface area contributed by atoms with E-state index in [-0.39, 0.29) is 18.1 Å². The molecule has 0 spiro atoms. The number of carbonyl (C=O) groups is 2. The van der Waals surface area contributed by atoms with Crippen LogP contribution in [0.1, 0.15) is 58.3 Å². The fraction of sp³-hybridized carbons (Fsp3) is 0.579. The molecule has 24 heavy (non-hydrogen) atoms. The van der Waals surface area contributed by atoms with Gasteiger partial charge in [-0.25, -0.2) is 0 Å². The monoisotopic (exact) mass is 352 g/mol. The van der Waals surface area contributed by atoms with E-state index in [1.54, 1.807) is 12.2 Å². The van der Waals surface area contributed by atoms with Gasteiger partial charge in [0.15, 0.2) is 5.78 Å². The Morgan fingerprint density at radius 1 is 1.21 bits per heavy atom. The maximum atomic E-state index is 12.0. The number of unbranched alkanes of at least 4 members (excludes halogenated alkanes) is 3. The molecule has 0 aromatic carbocycles. The summed E-state index contributed by atoms with van der Waals surface area (Å²) in [7, 11) is 0. The molecule has 5 heteroatoms. The van der Waals surface area contributed by atoms with Gasteiger partial charge >= 0.3 is 5.97 Å². The summed E-state index contributed by atoms with van der Waals surface area (Å²) in [5.74, 6) is -0.741. The van der Waals surface area contributed by atoms with Crippen LogP contribution in [0.25, 0.3) is 0 Å². The summed E-state index contributed by atoms with van der Waals surface area (Å²) in [5, 5.41) is 20.6. The quantitative estimate of drug-likeness (QED) is 0.326. The Bertz CT molecular complexity index is 494. The van der Waals surface area contributed by atoms with E-state index < -0.39 is 12.1 Å². The number of carboxylic acids is 1. The fourth-order valence-electron chi connectivity index (χ4n) is 2.50. The lowest BCUT2D eigenvalue weighted by atomic mass is 9.95. The molecule has 134 valence electrons. The highest BCUT2D eigenvalue weighted by Crippen LogP contribution is 2.36. The van der Waals surface area contributed by atoms with Crippen molar-refractivity contribution in [3.8, 4) is 0 Å². The van der Waals surface area contributed by atoms with Gasteiger partial charge in [-0.3, -0.25) is 9.59 Å². The van der Waals surface area contributed by atoms with Crippen molar-refractivity contribution in [3.05, 3.63) is 34.6 Å². The van der Waals surface area contributed by atoms with Crippen LogP contribution in [0.15, 0.2) is 34.6 Å². The summed E-state index contributed by atoms with van der Waals surface area (Å²) in [6.07, 6.45) is 12.6. The van der Waals surface area contributed by atoms with Crippen molar-refractivity contribution in [2.75, 3.05) is 0 Å². The van der Waals surface area contributed by atoms with Crippen LogP contribution in [0, 0.1) is 5.92 Å². The predicted octanol–water partition coefficient (Wildman–Crippen LogP) is 4.46. The van der Waals surface area contributed by atoms with Crippen molar-refractivity contribution < 1.29 is 19.8 Å². The van der Waals surface area contributed by atoms with E-state index in [1.807, 2.05) is 17.6 Å². The van der Waals surface area contributed by atoms with E-state index in [4.69, 9.17) is 5.11 Å². The molecular formula is C19H28O4S. The van der Waals surface area contributed by atoms with Gasteiger partial charge in [0, 0.05) is 18.8 Å². The molecule has 0 bridgehead atoms. The number of aliphatic carboxylic acids is 1. The number of aliphatic hydroxyl groups is 1. The zero-order valence-electron chi connectivity index (χ0n) is 14.3. The second kappa shape index (κ2) is 12.1. The summed E-state index contributed by atoms with van der Waals surface area (Å²) >= 11 is 1.50. The van der Waals surface area contributed by atoms with Gasteiger partial charge in [-0.2, -0.15) is 0 Å².